The third-order valence-corrected chi connectivity index (χ3v) is 3.40. The third-order valence-electron chi connectivity index (χ3n) is 2.67. The van der Waals surface area contributed by atoms with Gasteiger partial charge in [-0.15, -0.1) is 11.3 Å². The highest BCUT2D eigenvalue weighted by Crippen LogP contribution is 2.27. The number of aliphatic hydroxyl groups is 1. The van der Waals surface area contributed by atoms with Crippen molar-refractivity contribution in [1.29, 1.82) is 0 Å². The Hall–Kier alpha value is -1.72. The van der Waals surface area contributed by atoms with Crippen LogP contribution in [0.5, 0.6) is 0 Å². The fraction of sp³-hybridized carbons (Fsp3) is 0.231. The quantitative estimate of drug-likeness (QED) is 0.902. The standard InChI is InChI=1S/C13H12N2O2S/c16-10-4-1-3-9(7-10)14-13-15-11(8-18-13)12-5-2-6-17-12/h1-3,5-6,8,10,16H,4,7H2. The summed E-state index contributed by atoms with van der Waals surface area (Å²) < 4.78 is 5.28. The van der Waals surface area contributed by atoms with E-state index < -0.39 is 0 Å². The van der Waals surface area contributed by atoms with Gasteiger partial charge in [0.1, 0.15) is 5.69 Å². The zero-order valence-corrected chi connectivity index (χ0v) is 10.4. The highest BCUT2D eigenvalue weighted by molar-refractivity contribution is 7.13. The Morgan fingerprint density at radius 3 is 3.22 bits per heavy atom. The highest BCUT2D eigenvalue weighted by atomic mass is 32.1. The Balaban J connectivity index is 1.84. The fourth-order valence-electron chi connectivity index (χ4n) is 1.81. The summed E-state index contributed by atoms with van der Waals surface area (Å²) in [6.45, 7) is 0. The molecule has 0 amide bonds. The molecule has 0 saturated heterocycles. The van der Waals surface area contributed by atoms with Crippen LogP contribution >= 0.6 is 11.3 Å². The number of furan rings is 1. The van der Waals surface area contributed by atoms with E-state index in [0.717, 1.165) is 17.2 Å². The molecule has 4 nitrogen and oxygen atoms in total. The van der Waals surface area contributed by atoms with E-state index in [4.69, 9.17) is 4.42 Å². The van der Waals surface area contributed by atoms with Crippen LogP contribution in [0, 0.1) is 0 Å². The van der Waals surface area contributed by atoms with Crippen molar-refractivity contribution in [2.75, 3.05) is 0 Å². The molecule has 0 fully saturated rings. The van der Waals surface area contributed by atoms with Crippen LogP contribution in [-0.2, 0) is 0 Å². The molecule has 3 rings (SSSR count). The molecule has 0 aliphatic heterocycles. The summed E-state index contributed by atoms with van der Waals surface area (Å²) in [7, 11) is 0. The lowest BCUT2D eigenvalue weighted by Gasteiger charge is -2.12. The van der Waals surface area contributed by atoms with Crippen LogP contribution in [0.1, 0.15) is 12.8 Å². The normalized spacial score (nSPS) is 21.6. The molecule has 0 spiro atoms. The smallest absolute Gasteiger partial charge is 0.209 e. The molecule has 2 aromatic rings. The molecule has 0 saturated carbocycles. The Kier molecular flexibility index (Phi) is 3.08. The molecule has 1 unspecified atom stereocenters. The second-order valence-electron chi connectivity index (χ2n) is 4.09. The minimum absolute atomic E-state index is 0.321. The molecule has 2 heterocycles. The topological polar surface area (TPSA) is 58.6 Å². The molecule has 18 heavy (non-hydrogen) atoms. The minimum atomic E-state index is -0.321. The maximum Gasteiger partial charge on any atom is 0.209 e. The van der Waals surface area contributed by atoms with Crippen molar-refractivity contribution in [3.05, 3.63) is 35.9 Å². The van der Waals surface area contributed by atoms with Crippen molar-refractivity contribution in [1.82, 2.24) is 4.98 Å². The number of aliphatic hydroxyl groups excluding tert-OH is 1. The van der Waals surface area contributed by atoms with E-state index in [1.54, 1.807) is 6.26 Å². The van der Waals surface area contributed by atoms with E-state index in [2.05, 4.69) is 9.98 Å². The van der Waals surface area contributed by atoms with E-state index in [0.29, 0.717) is 18.0 Å². The summed E-state index contributed by atoms with van der Waals surface area (Å²) >= 11 is 1.47. The van der Waals surface area contributed by atoms with Crippen molar-refractivity contribution in [3.63, 3.8) is 0 Å². The lowest BCUT2D eigenvalue weighted by molar-refractivity contribution is 0.184. The molecule has 92 valence electrons. The van der Waals surface area contributed by atoms with Crippen molar-refractivity contribution >= 4 is 22.2 Å². The van der Waals surface area contributed by atoms with Gasteiger partial charge in [-0.1, -0.05) is 6.08 Å². The van der Waals surface area contributed by atoms with Gasteiger partial charge < -0.3 is 9.52 Å². The average molecular weight is 260 g/mol. The Labute approximate surface area is 108 Å². The van der Waals surface area contributed by atoms with Gasteiger partial charge in [0.05, 0.1) is 12.4 Å². The number of nitrogens with zero attached hydrogens (tertiary/aromatic N) is 2. The molecule has 5 heteroatoms. The fourth-order valence-corrected chi connectivity index (χ4v) is 2.52. The molecule has 1 aliphatic carbocycles. The van der Waals surface area contributed by atoms with Gasteiger partial charge in [0.25, 0.3) is 0 Å². The van der Waals surface area contributed by atoms with E-state index in [1.165, 1.54) is 11.3 Å². The van der Waals surface area contributed by atoms with Gasteiger partial charge in [0.2, 0.25) is 5.13 Å². The minimum Gasteiger partial charge on any atom is -0.463 e. The maximum atomic E-state index is 9.55. The summed E-state index contributed by atoms with van der Waals surface area (Å²) in [4.78, 5) is 8.83. The first-order valence-corrected chi connectivity index (χ1v) is 6.61. The summed E-state index contributed by atoms with van der Waals surface area (Å²) in [5, 5.41) is 12.2. The van der Waals surface area contributed by atoms with Gasteiger partial charge >= 0.3 is 0 Å². The number of aromatic nitrogens is 1. The van der Waals surface area contributed by atoms with Crippen molar-refractivity contribution in [3.8, 4) is 11.5 Å². The van der Waals surface area contributed by atoms with Crippen LogP contribution in [0.2, 0.25) is 0 Å². The maximum absolute atomic E-state index is 9.55. The molecule has 2 aromatic heterocycles. The SMILES string of the molecule is OC1CC=CC(=Nc2nc(-c3ccco3)cs2)C1. The lowest BCUT2D eigenvalue weighted by atomic mass is 10.0. The van der Waals surface area contributed by atoms with Crippen molar-refractivity contribution < 1.29 is 9.52 Å². The van der Waals surface area contributed by atoms with E-state index >= 15 is 0 Å². The Morgan fingerprint density at radius 2 is 2.44 bits per heavy atom. The molecular formula is C13H12N2O2S. The molecule has 1 atom stereocenters. The van der Waals surface area contributed by atoms with E-state index in [1.807, 2.05) is 29.7 Å². The van der Waals surface area contributed by atoms with Gasteiger partial charge in [-0.25, -0.2) is 9.98 Å². The second-order valence-corrected chi connectivity index (χ2v) is 4.93. The van der Waals surface area contributed by atoms with Crippen LogP contribution in [0.25, 0.3) is 11.5 Å². The zero-order valence-electron chi connectivity index (χ0n) is 9.61. The summed E-state index contributed by atoms with van der Waals surface area (Å²) in [6, 6.07) is 3.71. The van der Waals surface area contributed by atoms with Gasteiger partial charge in [-0.3, -0.25) is 0 Å². The summed E-state index contributed by atoms with van der Waals surface area (Å²) in [6.07, 6.45) is 6.48. The van der Waals surface area contributed by atoms with E-state index in [-0.39, 0.29) is 6.10 Å². The van der Waals surface area contributed by atoms with Crippen LogP contribution in [-0.4, -0.2) is 21.9 Å². The summed E-state index contributed by atoms with van der Waals surface area (Å²) in [5.74, 6) is 0.747. The predicted octanol–water partition coefficient (Wildman–Crippen LogP) is 3.19. The Morgan fingerprint density at radius 1 is 1.50 bits per heavy atom. The Bertz CT molecular complexity index is 584. The van der Waals surface area contributed by atoms with Gasteiger partial charge in [-0.2, -0.15) is 0 Å². The molecule has 0 radical (unpaired) electrons. The molecule has 1 N–H and O–H groups in total. The van der Waals surface area contributed by atoms with Gasteiger partial charge in [0, 0.05) is 17.5 Å². The zero-order chi connectivity index (χ0) is 12.4. The first-order valence-electron chi connectivity index (χ1n) is 5.73. The highest BCUT2D eigenvalue weighted by Gasteiger charge is 2.12. The number of aliphatic imine (C=N–C) groups is 1. The van der Waals surface area contributed by atoms with Crippen LogP contribution in [0.4, 0.5) is 5.13 Å². The van der Waals surface area contributed by atoms with Crippen LogP contribution in [0.15, 0.2) is 45.3 Å². The average Bonchev–Trinajstić information content (AvgIpc) is 2.98. The largest absolute Gasteiger partial charge is 0.463 e. The van der Waals surface area contributed by atoms with E-state index in [9.17, 15) is 5.11 Å². The van der Waals surface area contributed by atoms with Crippen LogP contribution < -0.4 is 0 Å². The van der Waals surface area contributed by atoms with Crippen molar-refractivity contribution in [2.24, 2.45) is 4.99 Å². The number of allylic oxidation sites excluding steroid dienone is 1. The molecular weight excluding hydrogens is 248 g/mol. The molecule has 0 aromatic carbocycles. The first kappa shape index (κ1) is 11.4. The number of hydrogen-bond acceptors (Lipinski definition) is 5. The molecule has 1 aliphatic rings. The van der Waals surface area contributed by atoms with Gasteiger partial charge in [0.15, 0.2) is 5.76 Å². The molecule has 0 bridgehead atoms. The number of rotatable bonds is 2. The first-order chi connectivity index (χ1) is 8.81. The second kappa shape index (κ2) is 4.88. The number of thiazole rings is 1. The monoisotopic (exact) mass is 260 g/mol. The summed E-state index contributed by atoms with van der Waals surface area (Å²) in [5.41, 5.74) is 1.67. The van der Waals surface area contributed by atoms with Gasteiger partial charge in [-0.05, 0) is 24.6 Å². The lowest BCUT2D eigenvalue weighted by Crippen LogP contribution is -2.14. The predicted molar refractivity (Wildman–Crippen MR) is 71.3 cm³/mol. The van der Waals surface area contributed by atoms with Crippen LogP contribution in [0.3, 0.4) is 0 Å². The third kappa shape index (κ3) is 2.42. The van der Waals surface area contributed by atoms with Crippen molar-refractivity contribution in [2.45, 2.75) is 18.9 Å². The number of hydrogen-bond donors (Lipinski definition) is 1.